The number of hydrogen-bond acceptors (Lipinski definition) is 3. The molecule has 0 radical (unpaired) electrons. The largest absolute Gasteiger partial charge is 0.341 e. The van der Waals surface area contributed by atoms with Crippen molar-refractivity contribution in [3.63, 3.8) is 0 Å². The van der Waals surface area contributed by atoms with Crippen LogP contribution in [0.15, 0.2) is 0 Å². The van der Waals surface area contributed by atoms with Crippen molar-refractivity contribution in [2.24, 2.45) is 5.92 Å². The molecule has 3 nitrogen and oxygen atoms in total. The number of rotatable bonds is 0. The lowest BCUT2D eigenvalue weighted by Crippen LogP contribution is -2.36. The maximum atomic E-state index is 11.5. The average Bonchev–Trinajstić information content (AvgIpc) is 2.56. The average molecular weight is 156 g/mol. The minimum Gasteiger partial charge on any atom is -0.341 e. The first-order valence-corrected chi connectivity index (χ1v) is 4.07. The molecule has 0 bridgehead atoms. The van der Waals surface area contributed by atoms with Crippen molar-refractivity contribution in [3.05, 3.63) is 0 Å². The van der Waals surface area contributed by atoms with Crippen LogP contribution in [-0.4, -0.2) is 24.8 Å². The summed E-state index contributed by atoms with van der Waals surface area (Å²) in [7, 11) is 0. The Morgan fingerprint density at radius 3 is 2.55 bits per heavy atom. The molecule has 1 saturated carbocycles. The van der Waals surface area contributed by atoms with Crippen LogP contribution in [0.25, 0.3) is 0 Å². The molecule has 2 aliphatic rings. The molecule has 0 aromatic rings. The quantitative estimate of drug-likeness (QED) is 0.518. The molecule has 11 heavy (non-hydrogen) atoms. The van der Waals surface area contributed by atoms with Gasteiger partial charge < -0.3 is 9.47 Å². The Hall–Kier alpha value is -0.410. The fourth-order valence-electron chi connectivity index (χ4n) is 1.78. The predicted molar refractivity (Wildman–Crippen MR) is 38.0 cm³/mol. The van der Waals surface area contributed by atoms with Crippen molar-refractivity contribution in [3.8, 4) is 0 Å². The van der Waals surface area contributed by atoms with Crippen molar-refractivity contribution in [1.82, 2.24) is 0 Å². The highest BCUT2D eigenvalue weighted by molar-refractivity contribution is 5.90. The number of Topliss-reactive ketones (excluding diaryl/α,β-unsaturated/α-hetero) is 1. The zero-order valence-electron chi connectivity index (χ0n) is 6.63. The predicted octanol–water partition coefficient (Wildman–Crippen LogP) is 0.728. The van der Waals surface area contributed by atoms with Gasteiger partial charge in [-0.3, -0.25) is 4.79 Å². The molecule has 1 unspecified atom stereocenters. The third kappa shape index (κ3) is 0.914. The summed E-state index contributed by atoms with van der Waals surface area (Å²) in [6, 6.07) is 0. The van der Waals surface area contributed by atoms with Crippen LogP contribution in [-0.2, 0) is 14.3 Å². The van der Waals surface area contributed by atoms with Crippen molar-refractivity contribution in [2.75, 3.05) is 13.2 Å². The van der Waals surface area contributed by atoms with E-state index in [2.05, 4.69) is 0 Å². The SMILES string of the molecule is CC1CCC2(OCCO2)C1=O. The van der Waals surface area contributed by atoms with E-state index in [1.54, 1.807) is 0 Å². The molecule has 1 spiro atoms. The van der Waals surface area contributed by atoms with E-state index in [-0.39, 0.29) is 11.7 Å². The highest BCUT2D eigenvalue weighted by atomic mass is 16.7. The van der Waals surface area contributed by atoms with Gasteiger partial charge in [-0.05, 0) is 6.42 Å². The first-order valence-electron chi connectivity index (χ1n) is 4.07. The molecule has 1 aliphatic heterocycles. The van der Waals surface area contributed by atoms with Gasteiger partial charge in [0.2, 0.25) is 5.79 Å². The van der Waals surface area contributed by atoms with Gasteiger partial charge in [0.25, 0.3) is 0 Å². The molecule has 0 aromatic heterocycles. The van der Waals surface area contributed by atoms with Gasteiger partial charge in [0, 0.05) is 12.3 Å². The van der Waals surface area contributed by atoms with Crippen LogP contribution in [0, 0.1) is 5.92 Å². The third-order valence-corrected chi connectivity index (χ3v) is 2.48. The van der Waals surface area contributed by atoms with Crippen LogP contribution in [0.3, 0.4) is 0 Å². The number of carbonyl (C=O) groups excluding carboxylic acids is 1. The van der Waals surface area contributed by atoms with Crippen molar-refractivity contribution in [2.45, 2.75) is 25.6 Å². The van der Waals surface area contributed by atoms with Crippen LogP contribution in [0.2, 0.25) is 0 Å². The van der Waals surface area contributed by atoms with Crippen LogP contribution in [0.5, 0.6) is 0 Å². The van der Waals surface area contributed by atoms with E-state index in [0.717, 1.165) is 12.8 Å². The van der Waals surface area contributed by atoms with Crippen LogP contribution in [0.1, 0.15) is 19.8 Å². The van der Waals surface area contributed by atoms with E-state index >= 15 is 0 Å². The first-order chi connectivity index (χ1) is 5.25. The second kappa shape index (κ2) is 2.29. The van der Waals surface area contributed by atoms with E-state index < -0.39 is 5.79 Å². The summed E-state index contributed by atoms with van der Waals surface area (Å²) in [6.07, 6.45) is 1.64. The highest BCUT2D eigenvalue weighted by Gasteiger charge is 2.50. The highest BCUT2D eigenvalue weighted by Crippen LogP contribution is 2.37. The Morgan fingerprint density at radius 2 is 2.09 bits per heavy atom. The lowest BCUT2D eigenvalue weighted by molar-refractivity contribution is -0.175. The fraction of sp³-hybridized carbons (Fsp3) is 0.875. The van der Waals surface area contributed by atoms with Gasteiger partial charge >= 0.3 is 0 Å². The standard InChI is InChI=1S/C8H12O3/c1-6-2-3-8(7(6)9)10-4-5-11-8/h6H,2-5H2,1H3. The normalized spacial score (nSPS) is 35.4. The minimum atomic E-state index is -0.820. The molecule has 1 atom stereocenters. The minimum absolute atomic E-state index is 0.119. The zero-order valence-corrected chi connectivity index (χ0v) is 6.63. The van der Waals surface area contributed by atoms with Gasteiger partial charge in [0.05, 0.1) is 13.2 Å². The summed E-state index contributed by atoms with van der Waals surface area (Å²) in [5, 5.41) is 0. The molecule has 2 fully saturated rings. The van der Waals surface area contributed by atoms with Crippen molar-refractivity contribution >= 4 is 5.78 Å². The lowest BCUT2D eigenvalue weighted by atomic mass is 10.1. The molecule has 62 valence electrons. The molecular weight excluding hydrogens is 144 g/mol. The smallest absolute Gasteiger partial charge is 0.229 e. The number of ether oxygens (including phenoxy) is 2. The molecule has 1 saturated heterocycles. The van der Waals surface area contributed by atoms with E-state index in [0.29, 0.717) is 13.2 Å². The Kier molecular flexibility index (Phi) is 1.51. The van der Waals surface area contributed by atoms with E-state index in [1.807, 2.05) is 6.92 Å². The molecule has 0 N–H and O–H groups in total. The number of carbonyl (C=O) groups is 1. The maximum Gasteiger partial charge on any atom is 0.229 e. The first kappa shape index (κ1) is 7.25. The van der Waals surface area contributed by atoms with Crippen molar-refractivity contribution in [1.29, 1.82) is 0 Å². The third-order valence-electron chi connectivity index (χ3n) is 2.48. The summed E-state index contributed by atoms with van der Waals surface area (Å²) < 4.78 is 10.6. The molecule has 3 heteroatoms. The van der Waals surface area contributed by atoms with Gasteiger partial charge in [-0.25, -0.2) is 0 Å². The molecule has 1 aliphatic carbocycles. The molecular formula is C8H12O3. The van der Waals surface area contributed by atoms with E-state index in [4.69, 9.17) is 9.47 Å². The van der Waals surface area contributed by atoms with Crippen molar-refractivity contribution < 1.29 is 14.3 Å². The summed E-state index contributed by atoms with van der Waals surface area (Å²) in [4.78, 5) is 11.5. The molecule has 0 amide bonds. The topological polar surface area (TPSA) is 35.5 Å². The summed E-state index contributed by atoms with van der Waals surface area (Å²) in [6.45, 7) is 3.07. The monoisotopic (exact) mass is 156 g/mol. The Morgan fingerprint density at radius 1 is 1.45 bits per heavy atom. The Labute approximate surface area is 65.7 Å². The fourth-order valence-corrected chi connectivity index (χ4v) is 1.78. The summed E-state index contributed by atoms with van der Waals surface area (Å²) in [5.74, 6) is -0.567. The second-order valence-electron chi connectivity index (χ2n) is 3.25. The Balaban J connectivity index is 2.20. The summed E-state index contributed by atoms with van der Waals surface area (Å²) >= 11 is 0. The Bertz CT molecular complexity index is 182. The zero-order chi connectivity index (χ0) is 7.90. The number of hydrogen-bond donors (Lipinski definition) is 0. The number of ketones is 1. The molecule has 2 rings (SSSR count). The second-order valence-corrected chi connectivity index (χ2v) is 3.25. The van der Waals surface area contributed by atoms with Crippen LogP contribution in [0.4, 0.5) is 0 Å². The summed E-state index contributed by atoms with van der Waals surface area (Å²) in [5.41, 5.74) is 0. The molecule has 1 heterocycles. The van der Waals surface area contributed by atoms with Crippen LogP contribution < -0.4 is 0 Å². The van der Waals surface area contributed by atoms with Crippen LogP contribution >= 0.6 is 0 Å². The van der Waals surface area contributed by atoms with E-state index in [9.17, 15) is 4.79 Å². The van der Waals surface area contributed by atoms with Gasteiger partial charge in [0.1, 0.15) is 0 Å². The molecule has 0 aromatic carbocycles. The van der Waals surface area contributed by atoms with Gasteiger partial charge in [0.15, 0.2) is 5.78 Å². The van der Waals surface area contributed by atoms with Gasteiger partial charge in [-0.2, -0.15) is 0 Å². The van der Waals surface area contributed by atoms with E-state index in [1.165, 1.54) is 0 Å². The lowest BCUT2D eigenvalue weighted by Gasteiger charge is -2.18. The van der Waals surface area contributed by atoms with Gasteiger partial charge in [-0.1, -0.05) is 6.92 Å². The van der Waals surface area contributed by atoms with Gasteiger partial charge in [-0.15, -0.1) is 0 Å². The maximum absolute atomic E-state index is 11.5.